The van der Waals surface area contributed by atoms with E-state index in [1.807, 2.05) is 0 Å². The first-order valence-corrected chi connectivity index (χ1v) is 7.47. The van der Waals surface area contributed by atoms with Crippen LogP contribution in [0.3, 0.4) is 0 Å². The number of fused-ring (bicyclic) bond motifs is 1. The maximum absolute atomic E-state index is 5.84. The van der Waals surface area contributed by atoms with Crippen molar-refractivity contribution in [2.24, 2.45) is 0 Å². The Morgan fingerprint density at radius 3 is 3.11 bits per heavy atom. The fourth-order valence-corrected chi connectivity index (χ4v) is 3.15. The van der Waals surface area contributed by atoms with Gasteiger partial charge in [-0.25, -0.2) is 0 Å². The van der Waals surface area contributed by atoms with Gasteiger partial charge in [-0.1, -0.05) is 0 Å². The van der Waals surface area contributed by atoms with Crippen molar-refractivity contribution in [1.29, 1.82) is 0 Å². The van der Waals surface area contributed by atoms with Gasteiger partial charge < -0.3 is 14.8 Å². The van der Waals surface area contributed by atoms with Crippen molar-refractivity contribution in [3.63, 3.8) is 0 Å². The van der Waals surface area contributed by atoms with E-state index < -0.39 is 0 Å². The van der Waals surface area contributed by atoms with Gasteiger partial charge in [-0.05, 0) is 45.2 Å². The molecule has 0 bridgehead atoms. The molecule has 106 valence electrons. The summed E-state index contributed by atoms with van der Waals surface area (Å²) in [6.07, 6.45) is 7.07. The zero-order valence-electron chi connectivity index (χ0n) is 11.7. The van der Waals surface area contributed by atoms with Gasteiger partial charge in [-0.2, -0.15) is 0 Å². The molecule has 0 aromatic heterocycles. The highest BCUT2D eigenvalue weighted by atomic mass is 16.5. The molecule has 2 aliphatic rings. The lowest BCUT2D eigenvalue weighted by Gasteiger charge is -2.37. The molecule has 1 saturated heterocycles. The maximum Gasteiger partial charge on any atom is 0.0730 e. The molecule has 4 nitrogen and oxygen atoms in total. The van der Waals surface area contributed by atoms with Crippen molar-refractivity contribution in [3.05, 3.63) is 0 Å². The summed E-state index contributed by atoms with van der Waals surface area (Å²) in [7, 11) is 1.75. The Kier molecular flexibility index (Phi) is 6.41. The number of morpholine rings is 1. The van der Waals surface area contributed by atoms with Gasteiger partial charge in [0.25, 0.3) is 0 Å². The second-order valence-corrected chi connectivity index (χ2v) is 5.39. The van der Waals surface area contributed by atoms with Crippen LogP contribution < -0.4 is 5.32 Å². The molecule has 1 aliphatic carbocycles. The standard InChI is InChI=1S/C14H28N2O2/c1-17-11-8-15-7-2-3-9-16-10-12-18-14-6-4-5-13(14)16/h13-15H,2-12H2,1H3. The zero-order chi connectivity index (χ0) is 12.6. The molecule has 0 aromatic rings. The molecule has 1 N–H and O–H groups in total. The van der Waals surface area contributed by atoms with Crippen LogP contribution in [0.2, 0.25) is 0 Å². The molecule has 0 aromatic carbocycles. The fourth-order valence-electron chi connectivity index (χ4n) is 3.15. The van der Waals surface area contributed by atoms with Crippen molar-refractivity contribution >= 4 is 0 Å². The van der Waals surface area contributed by atoms with Crippen molar-refractivity contribution in [1.82, 2.24) is 10.2 Å². The summed E-state index contributed by atoms with van der Waals surface area (Å²) in [6.45, 7) is 6.22. The first kappa shape index (κ1) is 14.3. The third-order valence-corrected chi connectivity index (χ3v) is 4.13. The van der Waals surface area contributed by atoms with Gasteiger partial charge in [-0.3, -0.25) is 4.90 Å². The Labute approximate surface area is 111 Å². The SMILES string of the molecule is COCCNCCCCN1CCOC2CCCC21. The topological polar surface area (TPSA) is 33.7 Å². The Balaban J connectivity index is 1.53. The van der Waals surface area contributed by atoms with E-state index in [0.717, 1.165) is 38.9 Å². The summed E-state index contributed by atoms with van der Waals surface area (Å²) < 4.78 is 10.8. The first-order chi connectivity index (χ1) is 8.92. The van der Waals surface area contributed by atoms with Crippen LogP contribution in [0.1, 0.15) is 32.1 Å². The third kappa shape index (κ3) is 4.19. The molecule has 2 atom stereocenters. The maximum atomic E-state index is 5.84. The second kappa shape index (κ2) is 8.10. The van der Waals surface area contributed by atoms with Crippen LogP contribution in [-0.2, 0) is 9.47 Å². The van der Waals surface area contributed by atoms with Crippen LogP contribution >= 0.6 is 0 Å². The molecule has 0 amide bonds. The summed E-state index contributed by atoms with van der Waals surface area (Å²) in [6, 6.07) is 0.722. The Hall–Kier alpha value is -0.160. The summed E-state index contributed by atoms with van der Waals surface area (Å²) in [5, 5.41) is 3.40. The highest BCUT2D eigenvalue weighted by Crippen LogP contribution is 2.29. The minimum atomic E-state index is 0.540. The smallest absolute Gasteiger partial charge is 0.0730 e. The van der Waals surface area contributed by atoms with Crippen LogP contribution in [0.4, 0.5) is 0 Å². The van der Waals surface area contributed by atoms with Crippen molar-refractivity contribution < 1.29 is 9.47 Å². The van der Waals surface area contributed by atoms with Crippen LogP contribution in [0, 0.1) is 0 Å². The van der Waals surface area contributed by atoms with Gasteiger partial charge in [0.1, 0.15) is 0 Å². The summed E-state index contributed by atoms with van der Waals surface area (Å²) in [5.41, 5.74) is 0. The van der Waals surface area contributed by atoms with Crippen LogP contribution in [0.25, 0.3) is 0 Å². The highest BCUT2D eigenvalue weighted by molar-refractivity contribution is 4.89. The molecule has 0 spiro atoms. The number of hydrogen-bond acceptors (Lipinski definition) is 4. The van der Waals surface area contributed by atoms with Crippen molar-refractivity contribution in [2.75, 3.05) is 46.5 Å². The van der Waals surface area contributed by atoms with E-state index in [0.29, 0.717) is 6.10 Å². The van der Waals surface area contributed by atoms with E-state index in [4.69, 9.17) is 9.47 Å². The monoisotopic (exact) mass is 256 g/mol. The predicted molar refractivity (Wildman–Crippen MR) is 72.9 cm³/mol. The average molecular weight is 256 g/mol. The van der Waals surface area contributed by atoms with E-state index in [9.17, 15) is 0 Å². The van der Waals surface area contributed by atoms with Gasteiger partial charge in [0, 0.05) is 26.2 Å². The molecule has 4 heteroatoms. The fraction of sp³-hybridized carbons (Fsp3) is 1.00. The second-order valence-electron chi connectivity index (χ2n) is 5.39. The molecule has 2 rings (SSSR count). The van der Waals surface area contributed by atoms with Crippen molar-refractivity contribution in [2.45, 2.75) is 44.2 Å². The Bertz CT molecular complexity index is 226. The first-order valence-electron chi connectivity index (χ1n) is 7.47. The number of hydrogen-bond donors (Lipinski definition) is 1. The van der Waals surface area contributed by atoms with Gasteiger partial charge in [0.2, 0.25) is 0 Å². The summed E-state index contributed by atoms with van der Waals surface area (Å²) >= 11 is 0. The zero-order valence-corrected chi connectivity index (χ0v) is 11.7. The lowest BCUT2D eigenvalue weighted by atomic mass is 10.1. The van der Waals surface area contributed by atoms with Gasteiger partial charge in [0.15, 0.2) is 0 Å². The van der Waals surface area contributed by atoms with Crippen LogP contribution in [0.15, 0.2) is 0 Å². The van der Waals surface area contributed by atoms with Gasteiger partial charge in [0.05, 0.1) is 19.3 Å². The number of nitrogens with one attached hydrogen (secondary N) is 1. The minimum absolute atomic E-state index is 0.540. The molecular formula is C14H28N2O2. The molecule has 18 heavy (non-hydrogen) atoms. The van der Waals surface area contributed by atoms with E-state index in [1.165, 1.54) is 38.6 Å². The van der Waals surface area contributed by atoms with Crippen molar-refractivity contribution in [3.8, 4) is 0 Å². The lowest BCUT2D eigenvalue weighted by molar-refractivity contribution is -0.0558. The number of ether oxygens (including phenoxy) is 2. The predicted octanol–water partition coefficient (Wildman–Crippen LogP) is 1.26. The molecular weight excluding hydrogens is 228 g/mol. The normalized spacial score (nSPS) is 28.5. The number of nitrogens with zero attached hydrogens (tertiary/aromatic N) is 1. The van der Waals surface area contributed by atoms with E-state index >= 15 is 0 Å². The quantitative estimate of drug-likeness (QED) is 0.663. The summed E-state index contributed by atoms with van der Waals surface area (Å²) in [4.78, 5) is 2.66. The lowest BCUT2D eigenvalue weighted by Crippen LogP contribution is -2.48. The Morgan fingerprint density at radius 2 is 2.22 bits per heavy atom. The molecule has 2 fully saturated rings. The van der Waals surface area contributed by atoms with Crippen LogP contribution in [0.5, 0.6) is 0 Å². The molecule has 1 aliphatic heterocycles. The molecule has 1 saturated carbocycles. The van der Waals surface area contributed by atoms with Gasteiger partial charge >= 0.3 is 0 Å². The Morgan fingerprint density at radius 1 is 1.28 bits per heavy atom. The summed E-state index contributed by atoms with van der Waals surface area (Å²) in [5.74, 6) is 0. The number of unbranched alkanes of at least 4 members (excludes halogenated alkanes) is 1. The largest absolute Gasteiger partial charge is 0.383 e. The van der Waals surface area contributed by atoms with Crippen LogP contribution in [-0.4, -0.2) is 63.5 Å². The average Bonchev–Trinajstić information content (AvgIpc) is 2.86. The third-order valence-electron chi connectivity index (χ3n) is 4.13. The molecule has 1 heterocycles. The van der Waals surface area contributed by atoms with E-state index in [2.05, 4.69) is 10.2 Å². The van der Waals surface area contributed by atoms with Gasteiger partial charge in [-0.15, -0.1) is 0 Å². The number of rotatable bonds is 8. The molecule has 2 unspecified atom stereocenters. The highest BCUT2D eigenvalue weighted by Gasteiger charge is 2.35. The molecule has 0 radical (unpaired) electrons. The van der Waals surface area contributed by atoms with E-state index in [1.54, 1.807) is 7.11 Å². The number of methoxy groups -OCH3 is 1. The van der Waals surface area contributed by atoms with E-state index in [-0.39, 0.29) is 0 Å². The minimum Gasteiger partial charge on any atom is -0.383 e.